The highest BCUT2D eigenvalue weighted by atomic mass is 32.2. The molecule has 26 heavy (non-hydrogen) atoms. The van der Waals surface area contributed by atoms with Gasteiger partial charge in [-0.25, -0.2) is 0 Å². The van der Waals surface area contributed by atoms with Crippen molar-refractivity contribution in [3.05, 3.63) is 73.9 Å². The van der Waals surface area contributed by atoms with Gasteiger partial charge in [0.2, 0.25) is 0 Å². The molecule has 3 rings (SSSR count). The zero-order valence-corrected chi connectivity index (χ0v) is 19.1. The van der Waals surface area contributed by atoms with Gasteiger partial charge in [0.25, 0.3) is 0 Å². The minimum absolute atomic E-state index is 0. The maximum absolute atomic E-state index is 2.35. The van der Waals surface area contributed by atoms with Crippen molar-refractivity contribution in [3.8, 4) is 0 Å². The summed E-state index contributed by atoms with van der Waals surface area (Å²) in [6.07, 6.45) is 11.1. The molecule has 1 aliphatic heterocycles. The SMILES string of the molecule is CC(C)=C(C)/C=C\c1ccsc1C.CC1=CC=C2C=CSC2(C)C1(C)C.[2HH].[2HH].[2HH].[2HH]. The Balaban J connectivity index is -0.000000429. The zero-order chi connectivity index (χ0) is 19.5. The van der Waals surface area contributed by atoms with Crippen molar-refractivity contribution in [2.75, 3.05) is 0 Å². The lowest BCUT2D eigenvalue weighted by atomic mass is 9.67. The smallest absolute Gasteiger partial charge is 0.0509 e. The summed E-state index contributed by atoms with van der Waals surface area (Å²) in [4.78, 5) is 1.39. The molecule has 0 spiro atoms. The van der Waals surface area contributed by atoms with E-state index >= 15 is 0 Å². The van der Waals surface area contributed by atoms with Gasteiger partial charge in [-0.1, -0.05) is 60.9 Å². The number of hydrogen-bond donors (Lipinski definition) is 0. The van der Waals surface area contributed by atoms with Crippen LogP contribution >= 0.6 is 23.1 Å². The predicted octanol–water partition coefficient (Wildman–Crippen LogP) is 9.33. The minimum Gasteiger partial charge on any atom is -0.149 e. The molecule has 0 nitrogen and oxygen atoms in total. The van der Waals surface area contributed by atoms with Crippen molar-refractivity contribution in [2.45, 2.75) is 60.1 Å². The van der Waals surface area contributed by atoms with Gasteiger partial charge >= 0.3 is 0 Å². The first-order valence-corrected chi connectivity index (χ1v) is 11.0. The van der Waals surface area contributed by atoms with Crippen molar-refractivity contribution >= 4 is 29.2 Å². The Morgan fingerprint density at radius 3 is 2.35 bits per heavy atom. The van der Waals surface area contributed by atoms with E-state index in [1.807, 2.05) is 11.8 Å². The first-order chi connectivity index (χ1) is 12.1. The Hall–Kier alpha value is -1.25. The van der Waals surface area contributed by atoms with Gasteiger partial charge < -0.3 is 0 Å². The first kappa shape index (κ1) is 21.1. The van der Waals surface area contributed by atoms with Crippen LogP contribution in [0.1, 0.15) is 64.6 Å². The van der Waals surface area contributed by atoms with E-state index in [0.29, 0.717) is 0 Å². The van der Waals surface area contributed by atoms with Crippen molar-refractivity contribution in [1.29, 1.82) is 0 Å². The number of hydrogen-bond acceptors (Lipinski definition) is 2. The molecule has 0 amide bonds. The van der Waals surface area contributed by atoms with E-state index in [1.165, 1.54) is 32.7 Å². The second-order valence-corrected chi connectivity index (χ2v) is 10.4. The fourth-order valence-electron chi connectivity index (χ4n) is 2.94. The molecule has 0 saturated heterocycles. The van der Waals surface area contributed by atoms with Crippen LogP contribution in [0.3, 0.4) is 0 Å². The van der Waals surface area contributed by atoms with Gasteiger partial charge in [0.05, 0.1) is 4.75 Å². The van der Waals surface area contributed by atoms with E-state index in [0.717, 1.165) is 0 Å². The quantitative estimate of drug-likeness (QED) is 0.449. The molecule has 2 heterocycles. The number of thiophene rings is 1. The molecule has 1 aromatic heterocycles. The van der Waals surface area contributed by atoms with Crippen LogP contribution in [0.25, 0.3) is 6.08 Å². The van der Waals surface area contributed by atoms with E-state index in [4.69, 9.17) is 0 Å². The first-order valence-electron chi connectivity index (χ1n) is 9.20. The summed E-state index contributed by atoms with van der Waals surface area (Å²) in [7, 11) is 0. The summed E-state index contributed by atoms with van der Waals surface area (Å²) in [5.74, 6) is 0. The molecule has 0 saturated carbocycles. The molecule has 2 aliphatic rings. The Morgan fingerprint density at radius 1 is 1.08 bits per heavy atom. The van der Waals surface area contributed by atoms with E-state index in [1.54, 1.807) is 11.3 Å². The van der Waals surface area contributed by atoms with Gasteiger partial charge in [0.1, 0.15) is 0 Å². The standard InChI is InChI=1S/2C12H16S.4H2/c1-9-5-6-10-7-8-13-12(10,4)11(9,2)3;1-9(2)10(3)5-6-12-7-8-13-11(12)4;;;;/h2*5-8H,1-4H3;4*1H/b;6-5-;;;;/i;;4*1+1. The third-order valence-corrected chi connectivity index (χ3v) is 8.35. The lowest BCUT2D eigenvalue weighted by molar-refractivity contribution is 0.365. The molecule has 1 atom stereocenters. The van der Waals surface area contributed by atoms with Crippen molar-refractivity contribution in [3.63, 3.8) is 0 Å². The van der Waals surface area contributed by atoms with Crippen LogP contribution in [-0.4, -0.2) is 4.75 Å². The lowest BCUT2D eigenvalue weighted by Crippen LogP contribution is -2.40. The van der Waals surface area contributed by atoms with Crippen molar-refractivity contribution in [1.82, 2.24) is 0 Å². The Labute approximate surface area is 174 Å². The van der Waals surface area contributed by atoms with Crippen molar-refractivity contribution in [2.24, 2.45) is 5.41 Å². The average molecular weight is 397 g/mol. The fraction of sp³-hybridized carbons (Fsp3) is 0.417. The van der Waals surface area contributed by atoms with Gasteiger partial charge in [-0.3, -0.25) is 0 Å². The van der Waals surface area contributed by atoms with Gasteiger partial charge in [-0.05, 0) is 69.5 Å². The molecule has 0 radical (unpaired) electrons. The van der Waals surface area contributed by atoms with Gasteiger partial charge in [-0.15, -0.1) is 23.1 Å². The molecule has 148 valence electrons. The molecule has 2 heteroatoms. The van der Waals surface area contributed by atoms with Crippen molar-refractivity contribution < 1.29 is 5.71 Å². The van der Waals surface area contributed by atoms with Crippen LogP contribution in [0, 0.1) is 12.3 Å². The maximum Gasteiger partial charge on any atom is 0.0509 e. The number of rotatable bonds is 2. The summed E-state index contributed by atoms with van der Waals surface area (Å²) in [6, 6.07) is 2.16. The molecular formula is C24H40S2. The third-order valence-electron chi connectivity index (χ3n) is 5.99. The lowest BCUT2D eigenvalue weighted by Gasteiger charge is -2.45. The largest absolute Gasteiger partial charge is 0.149 e. The summed E-state index contributed by atoms with van der Waals surface area (Å²) in [5.41, 5.74) is 7.29. The number of aryl methyl sites for hydroxylation is 1. The topological polar surface area (TPSA) is 0 Å². The summed E-state index contributed by atoms with van der Waals surface area (Å²) in [5, 5.41) is 4.35. The summed E-state index contributed by atoms with van der Waals surface area (Å²) in [6.45, 7) is 17.8. The molecule has 1 aromatic rings. The Morgan fingerprint density at radius 2 is 1.77 bits per heavy atom. The van der Waals surface area contributed by atoms with Crippen LogP contribution in [0.4, 0.5) is 0 Å². The average Bonchev–Trinajstić information content (AvgIpc) is 3.16. The van der Waals surface area contributed by atoms with Crippen LogP contribution in [0.15, 0.2) is 63.5 Å². The number of thioether (sulfide) groups is 1. The minimum atomic E-state index is 0. The van der Waals surface area contributed by atoms with Crippen LogP contribution < -0.4 is 0 Å². The van der Waals surface area contributed by atoms with E-state index in [2.05, 4.69) is 103 Å². The Kier molecular flexibility index (Phi) is 6.63. The highest BCUT2D eigenvalue weighted by Gasteiger charge is 2.47. The number of fused-ring (bicyclic) bond motifs is 1. The van der Waals surface area contributed by atoms with E-state index < -0.39 is 0 Å². The predicted molar refractivity (Wildman–Crippen MR) is 131 cm³/mol. The number of allylic oxidation sites excluding steroid dienone is 7. The fourth-order valence-corrected chi connectivity index (χ4v) is 4.85. The van der Waals surface area contributed by atoms with Gasteiger partial charge in [-0.2, -0.15) is 0 Å². The third kappa shape index (κ3) is 4.18. The maximum atomic E-state index is 2.35. The van der Waals surface area contributed by atoms with Gasteiger partial charge in [0, 0.05) is 16.0 Å². The molecule has 1 aliphatic carbocycles. The Bertz CT molecular complexity index is 822. The molecule has 1 unspecified atom stereocenters. The monoisotopic (exact) mass is 396 g/mol. The second-order valence-electron chi connectivity index (χ2n) is 8.00. The summed E-state index contributed by atoms with van der Waals surface area (Å²) >= 11 is 3.75. The second kappa shape index (κ2) is 8.19. The van der Waals surface area contributed by atoms with Crippen LogP contribution in [-0.2, 0) is 0 Å². The molecule has 0 bridgehead atoms. The van der Waals surface area contributed by atoms with Gasteiger partial charge in [0.15, 0.2) is 0 Å². The normalized spacial score (nSPS) is 23.1. The van der Waals surface area contributed by atoms with Crippen LogP contribution in [0.5, 0.6) is 0 Å². The van der Waals surface area contributed by atoms with Crippen LogP contribution in [0.2, 0.25) is 0 Å². The molecule has 0 aromatic carbocycles. The highest BCUT2D eigenvalue weighted by Crippen LogP contribution is 2.56. The molecule has 0 N–H and O–H groups in total. The van der Waals surface area contributed by atoms with E-state index in [9.17, 15) is 0 Å². The summed E-state index contributed by atoms with van der Waals surface area (Å²) < 4.78 is 0.256. The van der Waals surface area contributed by atoms with E-state index in [-0.39, 0.29) is 15.9 Å². The zero-order valence-electron chi connectivity index (χ0n) is 17.4. The highest BCUT2D eigenvalue weighted by molar-refractivity contribution is 8.04. The molecule has 0 fully saturated rings. The molecular weight excluding hydrogens is 352 g/mol.